The van der Waals surface area contributed by atoms with Crippen LogP contribution < -0.4 is 4.72 Å². The Hall–Kier alpha value is -0.850. The van der Waals surface area contributed by atoms with Gasteiger partial charge in [-0.15, -0.1) is 0 Å². The number of aliphatic hydroxyl groups excluding tert-OH is 1. The Morgan fingerprint density at radius 3 is 2.87 bits per heavy atom. The number of sulfonamides is 1. The summed E-state index contributed by atoms with van der Waals surface area (Å²) in [4.78, 5) is 3.79. The van der Waals surface area contributed by atoms with Gasteiger partial charge in [0.2, 0.25) is 10.0 Å². The first kappa shape index (κ1) is 12.2. The summed E-state index contributed by atoms with van der Waals surface area (Å²) in [5.74, 6) is -0.0479. The van der Waals surface area contributed by atoms with Gasteiger partial charge in [0.05, 0.1) is 10.8 Å². The van der Waals surface area contributed by atoms with E-state index >= 15 is 0 Å². The van der Waals surface area contributed by atoms with Crippen LogP contribution in [-0.2, 0) is 10.0 Å². The SMILES string of the molecule is O=S(=O)(CCCO)Nc1ncccc1Cl. The minimum atomic E-state index is -3.48. The molecule has 0 fully saturated rings. The summed E-state index contributed by atoms with van der Waals surface area (Å²) in [6, 6.07) is 3.15. The number of nitrogens with zero attached hydrogens (tertiary/aromatic N) is 1. The van der Waals surface area contributed by atoms with E-state index in [-0.39, 0.29) is 29.6 Å². The average molecular weight is 251 g/mol. The maximum Gasteiger partial charge on any atom is 0.234 e. The molecule has 0 aromatic carbocycles. The average Bonchev–Trinajstić information content (AvgIpc) is 2.18. The van der Waals surface area contributed by atoms with Gasteiger partial charge in [-0.25, -0.2) is 13.4 Å². The lowest BCUT2D eigenvalue weighted by Gasteiger charge is -2.07. The van der Waals surface area contributed by atoms with Crippen molar-refractivity contribution in [3.05, 3.63) is 23.4 Å². The van der Waals surface area contributed by atoms with E-state index in [1.54, 1.807) is 12.1 Å². The largest absolute Gasteiger partial charge is 0.396 e. The smallest absolute Gasteiger partial charge is 0.234 e. The van der Waals surface area contributed by atoms with Crippen molar-refractivity contribution in [2.75, 3.05) is 17.1 Å². The van der Waals surface area contributed by atoms with Crippen LogP contribution in [0.2, 0.25) is 5.02 Å². The Bertz CT molecular complexity index is 422. The van der Waals surface area contributed by atoms with Crippen molar-refractivity contribution in [1.82, 2.24) is 4.98 Å². The normalized spacial score (nSPS) is 11.3. The number of aliphatic hydroxyl groups is 1. The summed E-state index contributed by atoms with van der Waals surface area (Å²) in [6.45, 7) is -0.170. The molecule has 0 aliphatic carbocycles. The summed E-state index contributed by atoms with van der Waals surface area (Å²) in [6.07, 6.45) is 1.62. The van der Waals surface area contributed by atoms with Crippen molar-refractivity contribution in [3.8, 4) is 0 Å². The van der Waals surface area contributed by atoms with Crippen LogP contribution in [0.25, 0.3) is 0 Å². The Morgan fingerprint density at radius 1 is 1.53 bits per heavy atom. The van der Waals surface area contributed by atoms with Crippen LogP contribution in [0.4, 0.5) is 5.82 Å². The molecule has 0 unspecified atom stereocenters. The molecule has 0 amide bonds. The number of nitrogens with one attached hydrogen (secondary N) is 1. The van der Waals surface area contributed by atoms with Crippen LogP contribution in [0.3, 0.4) is 0 Å². The second-order valence-electron chi connectivity index (χ2n) is 2.83. The minimum Gasteiger partial charge on any atom is -0.396 e. The molecular weight excluding hydrogens is 240 g/mol. The molecule has 0 aliphatic rings. The fourth-order valence-corrected chi connectivity index (χ4v) is 2.21. The van der Waals surface area contributed by atoms with E-state index in [9.17, 15) is 8.42 Å². The van der Waals surface area contributed by atoms with Gasteiger partial charge in [-0.2, -0.15) is 0 Å². The number of aromatic nitrogens is 1. The molecule has 0 atom stereocenters. The second kappa shape index (κ2) is 5.29. The molecule has 0 bridgehead atoms. The van der Waals surface area contributed by atoms with Crippen molar-refractivity contribution in [1.29, 1.82) is 0 Å². The van der Waals surface area contributed by atoms with Crippen LogP contribution in [0.1, 0.15) is 6.42 Å². The lowest BCUT2D eigenvalue weighted by atomic mass is 10.5. The van der Waals surface area contributed by atoms with Gasteiger partial charge in [-0.1, -0.05) is 11.6 Å². The van der Waals surface area contributed by atoms with Crippen molar-refractivity contribution in [3.63, 3.8) is 0 Å². The molecular formula is C8H11ClN2O3S. The lowest BCUT2D eigenvalue weighted by Crippen LogP contribution is -2.18. The van der Waals surface area contributed by atoms with Gasteiger partial charge < -0.3 is 5.11 Å². The Balaban J connectivity index is 2.74. The van der Waals surface area contributed by atoms with Crippen LogP contribution in [0.5, 0.6) is 0 Å². The molecule has 84 valence electrons. The second-order valence-corrected chi connectivity index (χ2v) is 5.08. The molecule has 0 radical (unpaired) electrons. The third-order valence-electron chi connectivity index (χ3n) is 1.58. The molecule has 0 spiro atoms. The van der Waals surface area contributed by atoms with Crippen LogP contribution in [-0.4, -0.2) is 30.9 Å². The molecule has 7 heteroatoms. The molecule has 15 heavy (non-hydrogen) atoms. The maximum atomic E-state index is 11.4. The van der Waals surface area contributed by atoms with Crippen LogP contribution in [0, 0.1) is 0 Å². The third kappa shape index (κ3) is 4.03. The van der Waals surface area contributed by atoms with Gasteiger partial charge >= 0.3 is 0 Å². The van der Waals surface area contributed by atoms with Gasteiger partial charge in [0.25, 0.3) is 0 Å². The van der Waals surface area contributed by atoms with Crippen molar-refractivity contribution >= 4 is 27.4 Å². The highest BCUT2D eigenvalue weighted by Gasteiger charge is 2.12. The molecule has 0 saturated heterocycles. The molecule has 0 aliphatic heterocycles. The number of rotatable bonds is 5. The predicted molar refractivity (Wildman–Crippen MR) is 58.4 cm³/mol. The predicted octanol–water partition coefficient (Wildman–Crippen LogP) is 0.859. The van der Waals surface area contributed by atoms with E-state index in [1.165, 1.54) is 6.20 Å². The molecule has 1 aromatic heterocycles. The van der Waals surface area contributed by atoms with Crippen LogP contribution >= 0.6 is 11.6 Å². The van der Waals surface area contributed by atoms with Gasteiger partial charge in [0, 0.05) is 12.8 Å². The van der Waals surface area contributed by atoms with E-state index in [2.05, 4.69) is 9.71 Å². The zero-order valence-corrected chi connectivity index (χ0v) is 9.42. The number of pyridine rings is 1. The van der Waals surface area contributed by atoms with E-state index in [0.29, 0.717) is 0 Å². The summed E-state index contributed by atoms with van der Waals surface area (Å²) in [5.41, 5.74) is 0. The highest BCUT2D eigenvalue weighted by Crippen LogP contribution is 2.18. The molecule has 5 nitrogen and oxygen atoms in total. The number of hydrogen-bond acceptors (Lipinski definition) is 4. The number of anilines is 1. The van der Waals surface area contributed by atoms with E-state index < -0.39 is 10.0 Å². The van der Waals surface area contributed by atoms with Gasteiger partial charge in [0.1, 0.15) is 0 Å². The maximum absolute atomic E-state index is 11.4. The Kier molecular flexibility index (Phi) is 4.31. The first-order valence-electron chi connectivity index (χ1n) is 4.27. The molecule has 1 rings (SSSR count). The first-order chi connectivity index (χ1) is 7.05. The van der Waals surface area contributed by atoms with Gasteiger partial charge in [-0.3, -0.25) is 4.72 Å². The minimum absolute atomic E-state index is 0.108. The Labute approximate surface area is 93.2 Å². The number of halogens is 1. The molecule has 1 heterocycles. The fourth-order valence-electron chi connectivity index (χ4n) is 0.914. The van der Waals surface area contributed by atoms with Gasteiger partial charge in [0.15, 0.2) is 5.82 Å². The van der Waals surface area contributed by atoms with Crippen molar-refractivity contribution in [2.45, 2.75) is 6.42 Å². The topological polar surface area (TPSA) is 79.3 Å². The van der Waals surface area contributed by atoms with E-state index in [1.807, 2.05) is 0 Å². The fraction of sp³-hybridized carbons (Fsp3) is 0.375. The summed E-state index contributed by atoms with van der Waals surface area (Å²) in [5, 5.41) is 8.76. The standard InChI is InChI=1S/C8H11ClN2O3S/c9-7-3-1-4-10-8(7)11-15(13,14)6-2-5-12/h1,3-4,12H,2,5-6H2,(H,10,11). The van der Waals surface area contributed by atoms with Crippen molar-refractivity contribution in [2.24, 2.45) is 0 Å². The van der Waals surface area contributed by atoms with Crippen molar-refractivity contribution < 1.29 is 13.5 Å². The highest BCUT2D eigenvalue weighted by molar-refractivity contribution is 7.92. The zero-order chi connectivity index (χ0) is 11.3. The summed E-state index contributed by atoms with van der Waals surface area (Å²) < 4.78 is 25.0. The highest BCUT2D eigenvalue weighted by atomic mass is 35.5. The lowest BCUT2D eigenvalue weighted by molar-refractivity contribution is 0.295. The first-order valence-corrected chi connectivity index (χ1v) is 6.30. The summed E-state index contributed by atoms with van der Waals surface area (Å²) in [7, 11) is -3.48. The Morgan fingerprint density at radius 2 is 2.27 bits per heavy atom. The third-order valence-corrected chi connectivity index (χ3v) is 3.22. The van der Waals surface area contributed by atoms with Crippen LogP contribution in [0.15, 0.2) is 18.3 Å². The van der Waals surface area contributed by atoms with E-state index in [0.717, 1.165) is 0 Å². The molecule has 1 aromatic rings. The zero-order valence-electron chi connectivity index (χ0n) is 7.85. The van der Waals surface area contributed by atoms with E-state index in [4.69, 9.17) is 16.7 Å². The monoisotopic (exact) mass is 250 g/mol. The van der Waals surface area contributed by atoms with Gasteiger partial charge in [-0.05, 0) is 18.6 Å². The number of hydrogen-bond donors (Lipinski definition) is 2. The molecule has 0 saturated carbocycles. The molecule has 2 N–H and O–H groups in total. The summed E-state index contributed by atoms with van der Waals surface area (Å²) >= 11 is 5.73. The quantitative estimate of drug-likeness (QED) is 0.812.